The second-order valence-corrected chi connectivity index (χ2v) is 5.58. The molecule has 0 amide bonds. The number of alkyl halides is 1. The minimum Gasteiger partial charge on any atom is -0.288 e. The van der Waals surface area contributed by atoms with Crippen LogP contribution in [-0.2, 0) is 0 Å². The summed E-state index contributed by atoms with van der Waals surface area (Å²) < 4.78 is 0. The van der Waals surface area contributed by atoms with Gasteiger partial charge in [0.25, 0.3) is 0 Å². The Morgan fingerprint density at radius 3 is 2.31 bits per heavy atom. The summed E-state index contributed by atoms with van der Waals surface area (Å²) in [6, 6.07) is 7.76. The molecule has 0 unspecified atom stereocenters. The molecule has 0 radical (unpaired) electrons. The van der Waals surface area contributed by atoms with Crippen molar-refractivity contribution in [1.82, 2.24) is 0 Å². The highest BCUT2D eigenvalue weighted by molar-refractivity contribution is 9.09. The Morgan fingerprint density at radius 1 is 1.19 bits per heavy atom. The first-order valence-corrected chi connectivity index (χ1v) is 7.57. The van der Waals surface area contributed by atoms with Gasteiger partial charge in [0.15, 0.2) is 5.78 Å². The number of thiophene rings is 2. The Morgan fingerprint density at radius 2 is 1.81 bits per heavy atom. The fraction of sp³-hybridized carbons (Fsp3) is 0.0833. The van der Waals surface area contributed by atoms with Crippen LogP contribution < -0.4 is 0 Å². The Kier molecular flexibility index (Phi) is 4.09. The van der Waals surface area contributed by atoms with Crippen LogP contribution in [-0.4, -0.2) is 11.1 Å². The summed E-state index contributed by atoms with van der Waals surface area (Å²) in [5.41, 5.74) is 1.04. The number of halogens is 1. The maximum Gasteiger partial charge on any atom is 0.196 e. The van der Waals surface area contributed by atoms with Crippen molar-refractivity contribution >= 4 is 50.0 Å². The monoisotopic (exact) mass is 312 g/mol. The zero-order chi connectivity index (χ0) is 11.4. The van der Waals surface area contributed by atoms with E-state index in [4.69, 9.17) is 0 Å². The third kappa shape index (κ3) is 2.70. The fourth-order valence-electron chi connectivity index (χ4n) is 1.28. The van der Waals surface area contributed by atoms with Gasteiger partial charge in [0.2, 0.25) is 0 Å². The van der Waals surface area contributed by atoms with Crippen LogP contribution in [0.15, 0.2) is 41.1 Å². The van der Waals surface area contributed by atoms with Crippen molar-refractivity contribution in [2.24, 2.45) is 0 Å². The highest BCUT2D eigenvalue weighted by atomic mass is 79.9. The highest BCUT2D eigenvalue weighted by Crippen LogP contribution is 2.23. The number of hydrogen-bond acceptors (Lipinski definition) is 3. The lowest BCUT2D eigenvalue weighted by Crippen LogP contribution is -1.93. The summed E-state index contributed by atoms with van der Waals surface area (Å²) in [5, 5.41) is 4.63. The molecule has 0 aliphatic carbocycles. The van der Waals surface area contributed by atoms with Gasteiger partial charge in [-0.2, -0.15) is 0 Å². The molecule has 2 aromatic rings. The van der Waals surface area contributed by atoms with Gasteiger partial charge in [-0.3, -0.25) is 4.79 Å². The maximum atomic E-state index is 11.9. The summed E-state index contributed by atoms with van der Waals surface area (Å²) >= 11 is 6.54. The van der Waals surface area contributed by atoms with Gasteiger partial charge in [-0.25, -0.2) is 0 Å². The highest BCUT2D eigenvalue weighted by Gasteiger charge is 2.07. The van der Waals surface area contributed by atoms with Crippen LogP contribution in [0.5, 0.6) is 0 Å². The molecule has 0 atom stereocenters. The number of ketones is 1. The number of allylic oxidation sites excluding steroid dienone is 2. The SMILES string of the molecule is O=C(C=C(CBr)c1cccs1)c1cccs1. The van der Waals surface area contributed by atoms with E-state index in [0.717, 1.165) is 15.3 Å². The van der Waals surface area contributed by atoms with Gasteiger partial charge in [0, 0.05) is 10.2 Å². The van der Waals surface area contributed by atoms with Crippen molar-refractivity contribution in [3.8, 4) is 0 Å². The predicted octanol–water partition coefficient (Wildman–Crippen LogP) is 4.47. The number of hydrogen-bond donors (Lipinski definition) is 0. The van der Waals surface area contributed by atoms with E-state index in [1.165, 1.54) is 11.3 Å². The second kappa shape index (κ2) is 5.57. The summed E-state index contributed by atoms with van der Waals surface area (Å²) in [5.74, 6) is 0.0813. The number of carbonyl (C=O) groups is 1. The third-order valence-corrected chi connectivity index (χ3v) is 4.48. The largest absolute Gasteiger partial charge is 0.288 e. The molecule has 0 spiro atoms. The molecular weight excluding hydrogens is 304 g/mol. The summed E-state index contributed by atoms with van der Waals surface area (Å²) in [6.45, 7) is 0. The van der Waals surface area contributed by atoms with Crippen molar-refractivity contribution in [2.45, 2.75) is 0 Å². The van der Waals surface area contributed by atoms with Crippen LogP contribution in [0.1, 0.15) is 14.5 Å². The first-order valence-electron chi connectivity index (χ1n) is 4.69. The van der Waals surface area contributed by atoms with E-state index in [9.17, 15) is 4.79 Å². The molecule has 0 bridgehead atoms. The lowest BCUT2D eigenvalue weighted by molar-refractivity contribution is 0.105. The Balaban J connectivity index is 2.25. The quantitative estimate of drug-likeness (QED) is 0.462. The lowest BCUT2D eigenvalue weighted by Gasteiger charge is -1.98. The van der Waals surface area contributed by atoms with E-state index in [2.05, 4.69) is 15.9 Å². The molecule has 2 rings (SSSR count). The van der Waals surface area contributed by atoms with Crippen molar-refractivity contribution in [1.29, 1.82) is 0 Å². The average molecular weight is 313 g/mol. The first kappa shape index (κ1) is 11.8. The molecule has 0 N–H and O–H groups in total. The molecule has 0 aliphatic rings. The zero-order valence-electron chi connectivity index (χ0n) is 8.35. The molecule has 2 heterocycles. The molecule has 1 nitrogen and oxygen atoms in total. The molecule has 4 heteroatoms. The maximum absolute atomic E-state index is 11.9. The van der Waals surface area contributed by atoms with E-state index in [0.29, 0.717) is 5.33 Å². The van der Waals surface area contributed by atoms with E-state index in [1.807, 2.05) is 35.0 Å². The van der Waals surface area contributed by atoms with E-state index in [-0.39, 0.29) is 5.78 Å². The van der Waals surface area contributed by atoms with Gasteiger partial charge < -0.3 is 0 Å². The average Bonchev–Trinajstić information content (AvgIpc) is 2.96. The van der Waals surface area contributed by atoms with Crippen molar-refractivity contribution in [3.63, 3.8) is 0 Å². The molecule has 0 saturated heterocycles. The molecule has 0 fully saturated rings. The van der Waals surface area contributed by atoms with Gasteiger partial charge >= 0.3 is 0 Å². The normalized spacial score (nSPS) is 11.7. The Hall–Kier alpha value is -0.710. The van der Waals surface area contributed by atoms with Gasteiger partial charge in [-0.1, -0.05) is 28.1 Å². The van der Waals surface area contributed by atoms with Crippen LogP contribution in [0.3, 0.4) is 0 Å². The van der Waals surface area contributed by atoms with Gasteiger partial charge in [0.1, 0.15) is 0 Å². The van der Waals surface area contributed by atoms with Crippen LogP contribution in [0.25, 0.3) is 5.57 Å². The standard InChI is InChI=1S/C12H9BrOS2/c13-8-9(11-3-1-5-15-11)7-10(14)12-4-2-6-16-12/h1-7H,8H2. The van der Waals surface area contributed by atoms with Crippen LogP contribution in [0.4, 0.5) is 0 Å². The van der Waals surface area contributed by atoms with Crippen LogP contribution in [0.2, 0.25) is 0 Å². The van der Waals surface area contributed by atoms with Crippen molar-refractivity contribution in [3.05, 3.63) is 50.9 Å². The molecular formula is C12H9BrOS2. The van der Waals surface area contributed by atoms with Gasteiger partial charge in [-0.05, 0) is 34.5 Å². The lowest BCUT2D eigenvalue weighted by atomic mass is 10.2. The molecule has 82 valence electrons. The minimum absolute atomic E-state index is 0.0813. The minimum atomic E-state index is 0.0813. The summed E-state index contributed by atoms with van der Waals surface area (Å²) in [4.78, 5) is 13.8. The molecule has 16 heavy (non-hydrogen) atoms. The van der Waals surface area contributed by atoms with Crippen molar-refractivity contribution < 1.29 is 4.79 Å². The Bertz CT molecular complexity index is 483. The van der Waals surface area contributed by atoms with E-state index < -0.39 is 0 Å². The van der Waals surface area contributed by atoms with Gasteiger partial charge in [0.05, 0.1) is 4.88 Å². The smallest absolute Gasteiger partial charge is 0.196 e. The zero-order valence-corrected chi connectivity index (χ0v) is 11.6. The van der Waals surface area contributed by atoms with E-state index in [1.54, 1.807) is 17.4 Å². The summed E-state index contributed by atoms with van der Waals surface area (Å²) in [6.07, 6.45) is 1.71. The topological polar surface area (TPSA) is 17.1 Å². The summed E-state index contributed by atoms with van der Waals surface area (Å²) in [7, 11) is 0. The fourth-order valence-corrected chi connectivity index (χ4v) is 3.31. The Labute approximate surface area is 111 Å². The van der Waals surface area contributed by atoms with E-state index >= 15 is 0 Å². The molecule has 0 saturated carbocycles. The predicted molar refractivity (Wildman–Crippen MR) is 74.7 cm³/mol. The third-order valence-electron chi connectivity index (χ3n) is 2.05. The molecule has 0 aromatic carbocycles. The molecule has 2 aromatic heterocycles. The molecule has 0 aliphatic heterocycles. The number of rotatable bonds is 4. The van der Waals surface area contributed by atoms with Crippen LogP contribution >= 0.6 is 38.6 Å². The van der Waals surface area contributed by atoms with Crippen LogP contribution in [0, 0.1) is 0 Å². The second-order valence-electron chi connectivity index (χ2n) is 3.12. The van der Waals surface area contributed by atoms with Crippen molar-refractivity contribution in [2.75, 3.05) is 5.33 Å². The van der Waals surface area contributed by atoms with Gasteiger partial charge in [-0.15, -0.1) is 22.7 Å². The first-order chi connectivity index (χ1) is 7.81. The number of carbonyl (C=O) groups excluding carboxylic acids is 1.